The maximum absolute atomic E-state index is 5.92. The topological polar surface area (TPSA) is 33.3 Å². The van der Waals surface area contributed by atoms with Crippen LogP contribution in [0.5, 0.6) is 5.75 Å². The first-order valence-corrected chi connectivity index (χ1v) is 6.10. The minimum Gasteiger partial charge on any atom is -0.490 e. The summed E-state index contributed by atoms with van der Waals surface area (Å²) in [7, 11) is 0. The van der Waals surface area contributed by atoms with Crippen LogP contribution in [0.1, 0.15) is 19.8 Å². The van der Waals surface area contributed by atoms with E-state index in [4.69, 9.17) is 4.74 Å². The van der Waals surface area contributed by atoms with Gasteiger partial charge in [-0.1, -0.05) is 0 Å². The molecule has 1 saturated heterocycles. The van der Waals surface area contributed by atoms with Gasteiger partial charge < -0.3 is 15.4 Å². The van der Waals surface area contributed by atoms with Crippen molar-refractivity contribution in [1.82, 2.24) is 5.32 Å². The molecule has 0 bridgehead atoms. The monoisotopic (exact) mass is 220 g/mol. The van der Waals surface area contributed by atoms with Crippen LogP contribution in [0.15, 0.2) is 24.3 Å². The van der Waals surface area contributed by atoms with Crippen molar-refractivity contribution in [2.75, 3.05) is 25.0 Å². The molecular weight excluding hydrogens is 200 g/mol. The van der Waals surface area contributed by atoms with Gasteiger partial charge in [-0.25, -0.2) is 0 Å². The average molecular weight is 220 g/mol. The minimum atomic E-state index is 0.381. The van der Waals surface area contributed by atoms with Crippen LogP contribution in [0.2, 0.25) is 0 Å². The standard InChI is InChI=1S/C13H20N2O/c1-2-15-11-3-5-12(6-4-11)16-13-7-9-14-10-8-13/h3-6,13-15H,2,7-10H2,1H3. The van der Waals surface area contributed by atoms with Crippen LogP contribution in [0.4, 0.5) is 5.69 Å². The average Bonchev–Trinajstić information content (AvgIpc) is 2.33. The largest absolute Gasteiger partial charge is 0.490 e. The van der Waals surface area contributed by atoms with Crippen molar-refractivity contribution in [2.45, 2.75) is 25.9 Å². The third kappa shape index (κ3) is 3.14. The van der Waals surface area contributed by atoms with Crippen molar-refractivity contribution in [1.29, 1.82) is 0 Å². The van der Waals surface area contributed by atoms with E-state index < -0.39 is 0 Å². The fourth-order valence-corrected chi connectivity index (χ4v) is 1.96. The summed E-state index contributed by atoms with van der Waals surface area (Å²) >= 11 is 0. The molecule has 0 atom stereocenters. The molecule has 0 spiro atoms. The Hall–Kier alpha value is -1.22. The molecule has 1 aliphatic heterocycles. The number of benzene rings is 1. The Morgan fingerprint density at radius 2 is 1.94 bits per heavy atom. The fourth-order valence-electron chi connectivity index (χ4n) is 1.96. The van der Waals surface area contributed by atoms with Gasteiger partial charge in [0, 0.05) is 12.2 Å². The van der Waals surface area contributed by atoms with Gasteiger partial charge in [0.1, 0.15) is 11.9 Å². The molecule has 0 radical (unpaired) electrons. The van der Waals surface area contributed by atoms with Crippen molar-refractivity contribution in [3.05, 3.63) is 24.3 Å². The summed E-state index contributed by atoms with van der Waals surface area (Å²) in [5.41, 5.74) is 1.15. The Bertz CT molecular complexity index is 304. The maximum atomic E-state index is 5.92. The molecule has 0 amide bonds. The third-order valence-corrected chi connectivity index (χ3v) is 2.82. The lowest BCUT2D eigenvalue weighted by Crippen LogP contribution is -2.34. The van der Waals surface area contributed by atoms with E-state index in [1.165, 1.54) is 0 Å². The zero-order valence-corrected chi connectivity index (χ0v) is 9.83. The molecule has 2 rings (SSSR count). The number of nitrogens with one attached hydrogen (secondary N) is 2. The van der Waals surface area contributed by atoms with Crippen LogP contribution >= 0.6 is 0 Å². The van der Waals surface area contributed by atoms with Gasteiger partial charge in [0.25, 0.3) is 0 Å². The number of piperidine rings is 1. The van der Waals surface area contributed by atoms with Gasteiger partial charge in [-0.2, -0.15) is 0 Å². The van der Waals surface area contributed by atoms with Crippen LogP contribution in [-0.4, -0.2) is 25.7 Å². The Kier molecular flexibility index (Phi) is 4.05. The van der Waals surface area contributed by atoms with Crippen molar-refractivity contribution in [2.24, 2.45) is 0 Å². The van der Waals surface area contributed by atoms with E-state index in [9.17, 15) is 0 Å². The van der Waals surface area contributed by atoms with Crippen molar-refractivity contribution in [3.8, 4) is 5.75 Å². The highest BCUT2D eigenvalue weighted by Crippen LogP contribution is 2.19. The second-order valence-corrected chi connectivity index (χ2v) is 4.12. The lowest BCUT2D eigenvalue weighted by atomic mass is 10.1. The van der Waals surface area contributed by atoms with Crippen LogP contribution < -0.4 is 15.4 Å². The smallest absolute Gasteiger partial charge is 0.119 e. The van der Waals surface area contributed by atoms with E-state index in [0.717, 1.165) is 43.9 Å². The van der Waals surface area contributed by atoms with E-state index in [0.29, 0.717) is 6.10 Å². The van der Waals surface area contributed by atoms with Gasteiger partial charge in [0.2, 0.25) is 0 Å². The molecule has 3 heteroatoms. The summed E-state index contributed by atoms with van der Waals surface area (Å²) in [6, 6.07) is 8.22. The highest BCUT2D eigenvalue weighted by Gasteiger charge is 2.13. The summed E-state index contributed by atoms with van der Waals surface area (Å²) < 4.78 is 5.92. The molecule has 88 valence electrons. The number of ether oxygens (including phenoxy) is 1. The predicted octanol–water partition coefficient (Wildman–Crippen LogP) is 2.25. The summed E-state index contributed by atoms with van der Waals surface area (Å²) in [4.78, 5) is 0. The molecule has 1 aliphatic rings. The molecule has 0 saturated carbocycles. The molecule has 1 aromatic rings. The first-order valence-electron chi connectivity index (χ1n) is 6.10. The van der Waals surface area contributed by atoms with E-state index in [-0.39, 0.29) is 0 Å². The van der Waals surface area contributed by atoms with Gasteiger partial charge in [0.05, 0.1) is 0 Å². The molecule has 1 heterocycles. The van der Waals surface area contributed by atoms with Crippen LogP contribution in [-0.2, 0) is 0 Å². The summed E-state index contributed by atoms with van der Waals surface area (Å²) in [6.07, 6.45) is 2.59. The third-order valence-electron chi connectivity index (χ3n) is 2.82. The van der Waals surface area contributed by atoms with Crippen LogP contribution in [0.3, 0.4) is 0 Å². The maximum Gasteiger partial charge on any atom is 0.119 e. The minimum absolute atomic E-state index is 0.381. The van der Waals surface area contributed by atoms with Crippen LogP contribution in [0.25, 0.3) is 0 Å². The molecule has 1 fully saturated rings. The van der Waals surface area contributed by atoms with Crippen molar-refractivity contribution < 1.29 is 4.74 Å². The van der Waals surface area contributed by atoms with E-state index in [2.05, 4.69) is 29.7 Å². The van der Waals surface area contributed by atoms with Gasteiger partial charge in [0.15, 0.2) is 0 Å². The Morgan fingerprint density at radius 3 is 2.56 bits per heavy atom. The fraction of sp³-hybridized carbons (Fsp3) is 0.538. The second-order valence-electron chi connectivity index (χ2n) is 4.12. The summed E-state index contributed by atoms with van der Waals surface area (Å²) in [6.45, 7) is 5.19. The number of hydrogen-bond acceptors (Lipinski definition) is 3. The van der Waals surface area contributed by atoms with E-state index >= 15 is 0 Å². The molecule has 0 aliphatic carbocycles. The number of anilines is 1. The van der Waals surface area contributed by atoms with Gasteiger partial charge in [-0.3, -0.25) is 0 Å². The first kappa shape index (κ1) is 11.3. The lowest BCUT2D eigenvalue weighted by molar-refractivity contribution is 0.162. The van der Waals surface area contributed by atoms with Gasteiger partial charge >= 0.3 is 0 Å². The zero-order chi connectivity index (χ0) is 11.2. The zero-order valence-electron chi connectivity index (χ0n) is 9.83. The lowest BCUT2D eigenvalue weighted by Gasteiger charge is -2.23. The Labute approximate surface area is 97.2 Å². The summed E-state index contributed by atoms with van der Waals surface area (Å²) in [5, 5.41) is 6.61. The van der Waals surface area contributed by atoms with Gasteiger partial charge in [-0.05, 0) is 57.1 Å². The van der Waals surface area contributed by atoms with Crippen molar-refractivity contribution in [3.63, 3.8) is 0 Å². The summed E-state index contributed by atoms with van der Waals surface area (Å²) in [5.74, 6) is 0.980. The SMILES string of the molecule is CCNc1ccc(OC2CCNCC2)cc1. The quantitative estimate of drug-likeness (QED) is 0.816. The molecule has 3 nitrogen and oxygen atoms in total. The highest BCUT2D eigenvalue weighted by molar-refractivity contribution is 5.46. The predicted molar refractivity (Wildman–Crippen MR) is 67.1 cm³/mol. The molecule has 0 aromatic heterocycles. The Balaban J connectivity index is 1.88. The normalized spacial score (nSPS) is 17.1. The van der Waals surface area contributed by atoms with E-state index in [1.807, 2.05) is 12.1 Å². The van der Waals surface area contributed by atoms with E-state index in [1.54, 1.807) is 0 Å². The molecule has 0 unspecified atom stereocenters. The molecule has 1 aromatic carbocycles. The van der Waals surface area contributed by atoms with Gasteiger partial charge in [-0.15, -0.1) is 0 Å². The number of rotatable bonds is 4. The Morgan fingerprint density at radius 1 is 1.25 bits per heavy atom. The second kappa shape index (κ2) is 5.75. The molecule has 2 N–H and O–H groups in total. The van der Waals surface area contributed by atoms with Crippen molar-refractivity contribution >= 4 is 5.69 Å². The molecular formula is C13H20N2O. The number of hydrogen-bond donors (Lipinski definition) is 2. The first-order chi connectivity index (χ1) is 7.88. The van der Waals surface area contributed by atoms with Crippen LogP contribution in [0, 0.1) is 0 Å². The molecule has 16 heavy (non-hydrogen) atoms. The highest BCUT2D eigenvalue weighted by atomic mass is 16.5.